The van der Waals surface area contributed by atoms with Crippen molar-refractivity contribution in [1.82, 2.24) is 0 Å². The Labute approximate surface area is 160 Å². The van der Waals surface area contributed by atoms with E-state index in [0.717, 1.165) is 31.2 Å². The van der Waals surface area contributed by atoms with Gasteiger partial charge in [-0.1, -0.05) is 67.1 Å². The average Bonchev–Trinajstić information content (AvgIpc) is 2.93. The molecule has 2 aliphatic heterocycles. The Hall–Kier alpha value is -1.45. The highest BCUT2D eigenvalue weighted by molar-refractivity contribution is 7.55. The topological polar surface area (TPSA) is 44.8 Å². The van der Waals surface area contributed by atoms with Crippen LogP contribution in [0, 0.1) is 5.92 Å². The minimum Gasteiger partial charge on any atom is -0.326 e. The van der Waals surface area contributed by atoms with E-state index in [0.29, 0.717) is 6.42 Å². The molecule has 2 saturated heterocycles. The van der Waals surface area contributed by atoms with Crippen molar-refractivity contribution in [3.8, 4) is 0 Å². The molecule has 4 nitrogen and oxygen atoms in total. The maximum Gasteiger partial charge on any atom is 0.365 e. The largest absolute Gasteiger partial charge is 0.365 e. The van der Waals surface area contributed by atoms with Crippen molar-refractivity contribution in [2.75, 3.05) is 7.11 Å². The molecule has 5 rings (SSSR count). The van der Waals surface area contributed by atoms with Crippen LogP contribution in [0.25, 0.3) is 0 Å². The van der Waals surface area contributed by atoms with Crippen LogP contribution in [0.15, 0.2) is 60.7 Å². The molecule has 0 amide bonds. The third-order valence-electron chi connectivity index (χ3n) is 6.61. The number of ether oxygens (including phenoxy) is 1. The van der Waals surface area contributed by atoms with Gasteiger partial charge in [-0.25, -0.2) is 0 Å². The molecule has 1 aliphatic carbocycles. The molecule has 5 atom stereocenters. The Morgan fingerprint density at radius 1 is 1.04 bits per heavy atom. The van der Waals surface area contributed by atoms with Gasteiger partial charge in [-0.3, -0.25) is 9.09 Å². The minimum absolute atomic E-state index is 0.138. The molecule has 142 valence electrons. The van der Waals surface area contributed by atoms with Crippen molar-refractivity contribution in [1.29, 1.82) is 0 Å². The lowest BCUT2D eigenvalue weighted by Crippen LogP contribution is -2.50. The van der Waals surface area contributed by atoms with Crippen LogP contribution in [0.1, 0.15) is 49.1 Å². The summed E-state index contributed by atoms with van der Waals surface area (Å²) in [5.74, 6) is -0.647. The standard InChI is InChI=1S/C22H25O4P/c1-24-27(23)22-15-9-8-14-20(22)19(17-10-4-2-5-11-17)16-21(25-22,26-27)18-12-6-3-7-13-18/h2-7,10-13,19-20H,8-9,14-16H2,1H3. The second-order valence-electron chi connectivity index (χ2n) is 7.91. The predicted octanol–water partition coefficient (Wildman–Crippen LogP) is 5.80. The molecule has 5 unspecified atom stereocenters. The predicted molar refractivity (Wildman–Crippen MR) is 103 cm³/mol. The van der Waals surface area contributed by atoms with E-state index < -0.39 is 18.7 Å². The first-order valence-electron chi connectivity index (χ1n) is 9.80. The first-order valence-corrected chi connectivity index (χ1v) is 11.3. The monoisotopic (exact) mass is 384 g/mol. The van der Waals surface area contributed by atoms with Crippen LogP contribution in [0.3, 0.4) is 0 Å². The fraction of sp³-hybridized carbons (Fsp3) is 0.455. The molecule has 1 spiro atoms. The van der Waals surface area contributed by atoms with Gasteiger partial charge in [-0.2, -0.15) is 0 Å². The fourth-order valence-corrected chi connectivity index (χ4v) is 7.99. The molecule has 1 saturated carbocycles. The zero-order valence-electron chi connectivity index (χ0n) is 15.5. The van der Waals surface area contributed by atoms with Gasteiger partial charge in [-0.15, -0.1) is 0 Å². The van der Waals surface area contributed by atoms with Crippen LogP contribution in [-0.4, -0.2) is 12.5 Å². The zero-order valence-corrected chi connectivity index (χ0v) is 16.4. The Kier molecular flexibility index (Phi) is 4.10. The van der Waals surface area contributed by atoms with Crippen molar-refractivity contribution in [2.24, 2.45) is 5.92 Å². The Morgan fingerprint density at radius 3 is 2.44 bits per heavy atom. The van der Waals surface area contributed by atoms with Crippen LogP contribution < -0.4 is 0 Å². The molecule has 3 fully saturated rings. The fourth-order valence-electron chi connectivity index (χ4n) is 5.44. The highest BCUT2D eigenvalue weighted by Gasteiger charge is 2.74. The summed E-state index contributed by atoms with van der Waals surface area (Å²) in [5.41, 5.74) is 2.19. The number of benzene rings is 2. The third kappa shape index (κ3) is 2.44. The summed E-state index contributed by atoms with van der Waals surface area (Å²) in [5, 5.41) is -0.853. The SMILES string of the molecule is COP1(=O)OC2(c3ccccc3)CC(c3ccccc3)C3CCCCC31O2. The van der Waals surface area contributed by atoms with E-state index in [-0.39, 0.29) is 11.8 Å². The molecular weight excluding hydrogens is 359 g/mol. The lowest BCUT2D eigenvalue weighted by atomic mass is 9.69. The first-order chi connectivity index (χ1) is 13.1. The maximum atomic E-state index is 13.9. The highest BCUT2D eigenvalue weighted by atomic mass is 31.2. The molecule has 2 heterocycles. The van der Waals surface area contributed by atoms with E-state index in [1.807, 2.05) is 36.4 Å². The lowest BCUT2D eigenvalue weighted by Gasteiger charge is -2.49. The van der Waals surface area contributed by atoms with Gasteiger partial charge in [0.25, 0.3) is 0 Å². The first kappa shape index (κ1) is 17.6. The molecular formula is C22H25O4P. The molecule has 2 aromatic rings. The molecule has 0 aromatic heterocycles. The highest BCUT2D eigenvalue weighted by Crippen LogP contribution is 2.80. The smallest absolute Gasteiger partial charge is 0.326 e. The second-order valence-corrected chi connectivity index (χ2v) is 10.2. The van der Waals surface area contributed by atoms with Crippen LogP contribution in [0.4, 0.5) is 0 Å². The van der Waals surface area contributed by atoms with E-state index in [1.54, 1.807) is 0 Å². The number of fused-ring (bicyclic) bond motifs is 1. The number of hydrogen-bond donors (Lipinski definition) is 0. The Bertz CT molecular complexity index is 870. The van der Waals surface area contributed by atoms with Crippen LogP contribution in [0.2, 0.25) is 0 Å². The van der Waals surface area contributed by atoms with Crippen molar-refractivity contribution in [3.05, 3.63) is 71.8 Å². The van der Waals surface area contributed by atoms with Gasteiger partial charge < -0.3 is 9.26 Å². The molecule has 2 aromatic carbocycles. The molecule has 0 N–H and O–H groups in total. The van der Waals surface area contributed by atoms with Crippen LogP contribution in [0.5, 0.6) is 0 Å². The Balaban J connectivity index is 1.70. The lowest BCUT2D eigenvalue weighted by molar-refractivity contribution is -0.248. The summed E-state index contributed by atoms with van der Waals surface area (Å²) < 4.78 is 32.6. The summed E-state index contributed by atoms with van der Waals surface area (Å²) in [6.45, 7) is 0. The van der Waals surface area contributed by atoms with Crippen molar-refractivity contribution < 1.29 is 18.3 Å². The average molecular weight is 384 g/mol. The summed E-state index contributed by atoms with van der Waals surface area (Å²) in [6.07, 6.45) is 4.48. The molecule has 27 heavy (non-hydrogen) atoms. The van der Waals surface area contributed by atoms with Gasteiger partial charge in [0.1, 0.15) is 0 Å². The molecule has 5 heteroatoms. The van der Waals surface area contributed by atoms with Crippen molar-refractivity contribution in [2.45, 2.75) is 49.2 Å². The number of rotatable bonds is 3. The normalized spacial score (nSPS) is 40.5. The summed E-state index contributed by atoms with van der Waals surface area (Å²) in [7, 11) is -1.92. The molecule has 0 radical (unpaired) electrons. The van der Waals surface area contributed by atoms with Gasteiger partial charge in [0.15, 0.2) is 5.34 Å². The molecule has 2 bridgehead atoms. The van der Waals surface area contributed by atoms with Crippen LogP contribution >= 0.6 is 7.60 Å². The van der Waals surface area contributed by atoms with Gasteiger partial charge in [0, 0.05) is 25.0 Å². The number of hydrogen-bond acceptors (Lipinski definition) is 4. The van der Waals surface area contributed by atoms with Gasteiger partial charge in [0.05, 0.1) is 0 Å². The second kappa shape index (κ2) is 6.28. The Morgan fingerprint density at radius 2 is 1.74 bits per heavy atom. The van der Waals surface area contributed by atoms with Crippen molar-refractivity contribution >= 4 is 7.60 Å². The van der Waals surface area contributed by atoms with E-state index in [2.05, 4.69) is 24.3 Å². The minimum atomic E-state index is -3.42. The summed E-state index contributed by atoms with van der Waals surface area (Å²) >= 11 is 0. The van der Waals surface area contributed by atoms with Crippen molar-refractivity contribution in [3.63, 3.8) is 0 Å². The molecule has 3 aliphatic rings. The van der Waals surface area contributed by atoms with E-state index >= 15 is 0 Å². The zero-order chi connectivity index (χ0) is 18.5. The summed E-state index contributed by atoms with van der Waals surface area (Å²) in [6, 6.07) is 20.5. The maximum absolute atomic E-state index is 13.9. The van der Waals surface area contributed by atoms with Gasteiger partial charge in [0.2, 0.25) is 5.79 Å². The van der Waals surface area contributed by atoms with Gasteiger partial charge in [-0.05, 0) is 30.7 Å². The van der Waals surface area contributed by atoms with E-state index in [4.69, 9.17) is 13.8 Å². The quantitative estimate of drug-likeness (QED) is 0.628. The summed E-state index contributed by atoms with van der Waals surface area (Å²) in [4.78, 5) is 0. The van der Waals surface area contributed by atoms with Gasteiger partial charge >= 0.3 is 7.60 Å². The van der Waals surface area contributed by atoms with E-state index in [9.17, 15) is 4.57 Å². The third-order valence-corrected chi connectivity index (χ3v) is 9.20. The van der Waals surface area contributed by atoms with Crippen LogP contribution in [-0.2, 0) is 24.1 Å². The van der Waals surface area contributed by atoms with E-state index in [1.165, 1.54) is 12.7 Å².